The summed E-state index contributed by atoms with van der Waals surface area (Å²) in [5, 5.41) is 0. The highest BCUT2D eigenvalue weighted by atomic mass is 79.9. The Morgan fingerprint density at radius 2 is 1.78 bits per heavy atom. The molecule has 0 fully saturated rings. The number of unbranched alkanes of at least 4 members (excludes halogenated alkanes) is 1. The first-order valence-corrected chi connectivity index (χ1v) is 7.07. The van der Waals surface area contributed by atoms with Crippen LogP contribution in [0.1, 0.15) is 19.8 Å². The van der Waals surface area contributed by atoms with Gasteiger partial charge in [-0.25, -0.2) is 0 Å². The number of hydrogen-bond acceptors (Lipinski definition) is 1. The molecule has 0 atom stereocenters. The van der Waals surface area contributed by atoms with Gasteiger partial charge in [-0.1, -0.05) is 53.5 Å². The Bertz CT molecular complexity index is 491. The second-order valence-electron chi connectivity index (χ2n) is 4.24. The van der Waals surface area contributed by atoms with Crippen LogP contribution in [0.2, 0.25) is 0 Å². The minimum atomic E-state index is 0.798. The normalized spacial score (nSPS) is 10.3. The van der Waals surface area contributed by atoms with Crippen LogP contribution in [0.25, 0.3) is 11.1 Å². The van der Waals surface area contributed by atoms with Gasteiger partial charge in [0.15, 0.2) is 0 Å². The van der Waals surface area contributed by atoms with E-state index in [9.17, 15) is 0 Å². The number of hydrogen-bond donors (Lipinski definition) is 0. The summed E-state index contributed by atoms with van der Waals surface area (Å²) in [5.74, 6) is 0.946. The van der Waals surface area contributed by atoms with Crippen molar-refractivity contribution >= 4 is 15.9 Å². The predicted molar refractivity (Wildman–Crippen MR) is 80.0 cm³/mol. The largest absolute Gasteiger partial charge is 0.494 e. The monoisotopic (exact) mass is 304 g/mol. The van der Waals surface area contributed by atoms with E-state index in [0.717, 1.165) is 29.7 Å². The summed E-state index contributed by atoms with van der Waals surface area (Å²) < 4.78 is 6.75. The Kier molecular flexibility index (Phi) is 4.82. The summed E-state index contributed by atoms with van der Waals surface area (Å²) in [6.07, 6.45) is 2.27. The lowest BCUT2D eigenvalue weighted by molar-refractivity contribution is 0.309. The number of benzene rings is 2. The van der Waals surface area contributed by atoms with Crippen molar-refractivity contribution in [3.8, 4) is 16.9 Å². The summed E-state index contributed by atoms with van der Waals surface area (Å²) in [7, 11) is 0. The van der Waals surface area contributed by atoms with Crippen LogP contribution in [0.4, 0.5) is 0 Å². The summed E-state index contributed by atoms with van der Waals surface area (Å²) in [4.78, 5) is 0. The molecule has 1 nitrogen and oxygen atoms in total. The van der Waals surface area contributed by atoms with Gasteiger partial charge in [0.1, 0.15) is 5.75 Å². The van der Waals surface area contributed by atoms with Gasteiger partial charge in [-0.3, -0.25) is 0 Å². The van der Waals surface area contributed by atoms with Crippen molar-refractivity contribution in [1.29, 1.82) is 0 Å². The molecule has 0 saturated heterocycles. The Morgan fingerprint density at radius 3 is 2.44 bits per heavy atom. The number of halogens is 1. The molecule has 0 saturated carbocycles. The Morgan fingerprint density at radius 1 is 1.00 bits per heavy atom. The van der Waals surface area contributed by atoms with E-state index in [0.29, 0.717) is 0 Å². The Hall–Kier alpha value is -1.28. The summed E-state index contributed by atoms with van der Waals surface area (Å²) in [6, 6.07) is 16.6. The van der Waals surface area contributed by atoms with Crippen molar-refractivity contribution in [3.63, 3.8) is 0 Å². The van der Waals surface area contributed by atoms with E-state index < -0.39 is 0 Å². The van der Waals surface area contributed by atoms with Crippen LogP contribution in [0.5, 0.6) is 5.75 Å². The molecule has 0 aromatic heterocycles. The third-order valence-corrected chi connectivity index (χ3v) is 3.27. The molecule has 0 heterocycles. The molecule has 0 bridgehead atoms. The number of rotatable bonds is 5. The van der Waals surface area contributed by atoms with E-state index in [1.54, 1.807) is 0 Å². The standard InChI is InChI=1S/C16H17BrO/c1-2-3-11-18-16-9-7-13(8-10-16)14-5-4-6-15(17)12-14/h4-10,12H,2-3,11H2,1H3. The van der Waals surface area contributed by atoms with E-state index in [1.807, 2.05) is 24.3 Å². The maximum absolute atomic E-state index is 5.65. The molecule has 0 unspecified atom stereocenters. The number of ether oxygens (including phenoxy) is 1. The molecule has 0 aliphatic rings. The summed E-state index contributed by atoms with van der Waals surface area (Å²) in [6.45, 7) is 2.96. The summed E-state index contributed by atoms with van der Waals surface area (Å²) >= 11 is 3.49. The molecule has 0 aliphatic carbocycles. The second-order valence-corrected chi connectivity index (χ2v) is 5.15. The molecule has 0 N–H and O–H groups in total. The van der Waals surface area contributed by atoms with E-state index >= 15 is 0 Å². The molecular weight excluding hydrogens is 288 g/mol. The first-order chi connectivity index (χ1) is 8.79. The third kappa shape index (κ3) is 3.61. The van der Waals surface area contributed by atoms with E-state index in [4.69, 9.17) is 4.74 Å². The van der Waals surface area contributed by atoms with Gasteiger partial charge < -0.3 is 4.74 Å². The summed E-state index contributed by atoms with van der Waals surface area (Å²) in [5.41, 5.74) is 2.42. The fraction of sp³-hybridized carbons (Fsp3) is 0.250. The molecule has 2 aromatic carbocycles. The average molecular weight is 305 g/mol. The Balaban J connectivity index is 2.07. The molecule has 0 amide bonds. The van der Waals surface area contributed by atoms with E-state index in [2.05, 4.69) is 47.1 Å². The zero-order valence-corrected chi connectivity index (χ0v) is 12.1. The zero-order chi connectivity index (χ0) is 12.8. The van der Waals surface area contributed by atoms with Crippen molar-refractivity contribution < 1.29 is 4.74 Å². The van der Waals surface area contributed by atoms with Gasteiger partial charge in [-0.15, -0.1) is 0 Å². The van der Waals surface area contributed by atoms with Gasteiger partial charge in [0, 0.05) is 4.47 Å². The fourth-order valence-electron chi connectivity index (χ4n) is 1.75. The van der Waals surface area contributed by atoms with E-state index in [-0.39, 0.29) is 0 Å². The molecule has 2 aromatic rings. The predicted octanol–water partition coefficient (Wildman–Crippen LogP) is 5.30. The Labute approximate surface area is 117 Å². The lowest BCUT2D eigenvalue weighted by atomic mass is 10.1. The first kappa shape index (κ1) is 13.2. The molecule has 0 radical (unpaired) electrons. The minimum Gasteiger partial charge on any atom is -0.494 e. The highest BCUT2D eigenvalue weighted by molar-refractivity contribution is 9.10. The van der Waals surface area contributed by atoms with Crippen LogP contribution in [0.15, 0.2) is 53.0 Å². The van der Waals surface area contributed by atoms with Crippen molar-refractivity contribution in [2.75, 3.05) is 6.61 Å². The van der Waals surface area contributed by atoms with Crippen LogP contribution >= 0.6 is 15.9 Å². The van der Waals surface area contributed by atoms with Crippen molar-refractivity contribution in [2.45, 2.75) is 19.8 Å². The zero-order valence-electron chi connectivity index (χ0n) is 10.5. The van der Waals surface area contributed by atoms with Crippen LogP contribution in [0.3, 0.4) is 0 Å². The third-order valence-electron chi connectivity index (χ3n) is 2.78. The molecule has 2 rings (SSSR count). The fourth-order valence-corrected chi connectivity index (χ4v) is 2.15. The van der Waals surface area contributed by atoms with E-state index in [1.165, 1.54) is 11.1 Å². The maximum Gasteiger partial charge on any atom is 0.119 e. The van der Waals surface area contributed by atoms with Crippen LogP contribution in [0, 0.1) is 0 Å². The van der Waals surface area contributed by atoms with Gasteiger partial charge in [0.05, 0.1) is 6.61 Å². The van der Waals surface area contributed by atoms with Crippen LogP contribution in [-0.2, 0) is 0 Å². The van der Waals surface area contributed by atoms with Crippen LogP contribution in [-0.4, -0.2) is 6.61 Å². The second kappa shape index (κ2) is 6.60. The smallest absolute Gasteiger partial charge is 0.119 e. The van der Waals surface area contributed by atoms with Crippen molar-refractivity contribution in [1.82, 2.24) is 0 Å². The van der Waals surface area contributed by atoms with Crippen LogP contribution < -0.4 is 4.74 Å². The highest BCUT2D eigenvalue weighted by Gasteiger charge is 1.99. The molecule has 94 valence electrons. The maximum atomic E-state index is 5.65. The lowest BCUT2D eigenvalue weighted by Crippen LogP contribution is -1.95. The van der Waals surface area contributed by atoms with Gasteiger partial charge in [0.2, 0.25) is 0 Å². The molecule has 0 spiro atoms. The minimum absolute atomic E-state index is 0.798. The van der Waals surface area contributed by atoms with Gasteiger partial charge in [-0.05, 0) is 41.8 Å². The highest BCUT2D eigenvalue weighted by Crippen LogP contribution is 2.25. The van der Waals surface area contributed by atoms with Crippen molar-refractivity contribution in [3.05, 3.63) is 53.0 Å². The topological polar surface area (TPSA) is 9.23 Å². The molecule has 18 heavy (non-hydrogen) atoms. The first-order valence-electron chi connectivity index (χ1n) is 6.28. The quantitative estimate of drug-likeness (QED) is 0.682. The molecular formula is C16H17BrO. The van der Waals surface area contributed by atoms with Crippen molar-refractivity contribution in [2.24, 2.45) is 0 Å². The van der Waals surface area contributed by atoms with Gasteiger partial charge >= 0.3 is 0 Å². The SMILES string of the molecule is CCCCOc1ccc(-c2cccc(Br)c2)cc1. The average Bonchev–Trinajstić information content (AvgIpc) is 2.40. The molecule has 2 heteroatoms. The van der Waals surface area contributed by atoms with Gasteiger partial charge in [0.25, 0.3) is 0 Å². The lowest BCUT2D eigenvalue weighted by Gasteiger charge is -2.07. The molecule has 0 aliphatic heterocycles. The van der Waals surface area contributed by atoms with Gasteiger partial charge in [-0.2, -0.15) is 0 Å².